The van der Waals surface area contributed by atoms with Gasteiger partial charge < -0.3 is 10.0 Å². The van der Waals surface area contributed by atoms with Gasteiger partial charge in [-0.3, -0.25) is 0 Å². The Balaban J connectivity index is 1.82. The molecule has 0 radical (unpaired) electrons. The third kappa shape index (κ3) is 5.14. The first-order valence-electron chi connectivity index (χ1n) is 10.5. The molecule has 2 aromatic rings. The lowest BCUT2D eigenvalue weighted by molar-refractivity contribution is 0.0906. The molecule has 3 rings (SSSR count). The van der Waals surface area contributed by atoms with Crippen molar-refractivity contribution < 1.29 is 18.3 Å². The van der Waals surface area contributed by atoms with Crippen LogP contribution in [0.25, 0.3) is 10.4 Å². The molecule has 1 N–H and O–H groups in total. The van der Waals surface area contributed by atoms with Crippen LogP contribution in [0.4, 0.5) is 4.79 Å². The highest BCUT2D eigenvalue weighted by Gasteiger charge is 2.32. The number of sulfone groups is 1. The van der Waals surface area contributed by atoms with E-state index >= 15 is 0 Å². The third-order valence-electron chi connectivity index (χ3n) is 5.88. The lowest BCUT2D eigenvalue weighted by Gasteiger charge is -2.37. The van der Waals surface area contributed by atoms with Crippen LogP contribution < -0.4 is 0 Å². The van der Waals surface area contributed by atoms with Gasteiger partial charge in [-0.15, -0.1) is 11.3 Å². The van der Waals surface area contributed by atoms with Gasteiger partial charge in [-0.1, -0.05) is 22.0 Å². The average Bonchev–Trinajstić information content (AvgIpc) is 3.17. The average molecular weight is 530 g/mol. The number of thiazole rings is 1. The summed E-state index contributed by atoms with van der Waals surface area (Å²) in [6.45, 7) is 7.20. The third-order valence-corrected chi connectivity index (χ3v) is 9.75. The van der Waals surface area contributed by atoms with Gasteiger partial charge in [0.2, 0.25) is 0 Å². The Hall–Kier alpha value is -1.45. The molecule has 1 amide bonds. The lowest BCUT2D eigenvalue weighted by Crippen LogP contribution is -2.45. The van der Waals surface area contributed by atoms with E-state index in [0.717, 1.165) is 40.0 Å². The van der Waals surface area contributed by atoms with Gasteiger partial charge in [-0.25, -0.2) is 18.2 Å². The summed E-state index contributed by atoms with van der Waals surface area (Å²) in [6, 6.07) is 5.36. The summed E-state index contributed by atoms with van der Waals surface area (Å²) in [6.07, 6.45) is 4.30. The number of halogens is 1. The van der Waals surface area contributed by atoms with Crippen LogP contribution in [0.3, 0.4) is 0 Å². The number of carbonyl (C=O) groups is 1. The molecular formula is C22H29BrN2O4S2. The standard InChI is InChI=1S/C22H29BrN2O4S2/c1-13(2)25(22(26)27)17-8-5-15(6-9-17)21-24-12-19(30-21)18-10-7-16(23)11-20(18)31(28,29)14(3)4/h7,10-15,17H,5-6,8-9H2,1-4H3,(H,26,27). The van der Waals surface area contributed by atoms with Gasteiger partial charge in [0.05, 0.1) is 20.0 Å². The van der Waals surface area contributed by atoms with Gasteiger partial charge in [0.25, 0.3) is 0 Å². The maximum absolute atomic E-state index is 12.9. The molecule has 0 bridgehead atoms. The van der Waals surface area contributed by atoms with Gasteiger partial charge in [-0.05, 0) is 65.5 Å². The molecule has 1 aromatic carbocycles. The minimum Gasteiger partial charge on any atom is -0.465 e. The molecule has 0 spiro atoms. The van der Waals surface area contributed by atoms with E-state index < -0.39 is 21.2 Å². The number of benzene rings is 1. The van der Waals surface area contributed by atoms with Gasteiger partial charge >= 0.3 is 6.09 Å². The molecule has 0 saturated heterocycles. The summed E-state index contributed by atoms with van der Waals surface area (Å²) in [4.78, 5) is 19.0. The molecule has 170 valence electrons. The highest BCUT2D eigenvalue weighted by Crippen LogP contribution is 2.41. The van der Waals surface area contributed by atoms with Crippen LogP contribution in [0.1, 0.15) is 64.3 Å². The predicted octanol–water partition coefficient (Wildman–Crippen LogP) is 6.17. The van der Waals surface area contributed by atoms with Crippen molar-refractivity contribution in [1.29, 1.82) is 0 Å². The number of rotatable bonds is 6. The largest absolute Gasteiger partial charge is 0.465 e. The number of nitrogens with zero attached hydrogens (tertiary/aromatic N) is 2. The van der Waals surface area contributed by atoms with E-state index in [1.54, 1.807) is 42.3 Å². The Morgan fingerprint density at radius 3 is 2.39 bits per heavy atom. The molecule has 9 heteroatoms. The Morgan fingerprint density at radius 1 is 1.19 bits per heavy atom. The van der Waals surface area contributed by atoms with Gasteiger partial charge in [0.15, 0.2) is 9.84 Å². The topological polar surface area (TPSA) is 87.6 Å². The van der Waals surface area contributed by atoms with Crippen LogP contribution in [0.5, 0.6) is 0 Å². The highest BCUT2D eigenvalue weighted by molar-refractivity contribution is 9.10. The van der Waals surface area contributed by atoms with Crippen molar-refractivity contribution in [3.63, 3.8) is 0 Å². The Labute approximate surface area is 196 Å². The summed E-state index contributed by atoms with van der Waals surface area (Å²) in [5.74, 6) is 0.276. The molecule has 1 fully saturated rings. The molecule has 1 aromatic heterocycles. The zero-order valence-electron chi connectivity index (χ0n) is 18.2. The first kappa shape index (κ1) is 24.2. The second kappa shape index (κ2) is 9.58. The highest BCUT2D eigenvalue weighted by atomic mass is 79.9. The molecule has 1 aliphatic rings. The second-order valence-corrected chi connectivity index (χ2v) is 13.0. The second-order valence-electron chi connectivity index (χ2n) is 8.59. The molecule has 1 aliphatic carbocycles. The zero-order valence-corrected chi connectivity index (χ0v) is 21.4. The fourth-order valence-electron chi connectivity index (χ4n) is 4.19. The van der Waals surface area contributed by atoms with Gasteiger partial charge in [-0.2, -0.15) is 0 Å². The van der Waals surface area contributed by atoms with E-state index in [1.165, 1.54) is 0 Å². The molecule has 0 atom stereocenters. The van der Waals surface area contributed by atoms with Crippen LogP contribution in [0.2, 0.25) is 0 Å². The minimum absolute atomic E-state index is 0.0377. The summed E-state index contributed by atoms with van der Waals surface area (Å²) >= 11 is 4.94. The van der Waals surface area contributed by atoms with E-state index in [9.17, 15) is 18.3 Å². The van der Waals surface area contributed by atoms with Crippen molar-refractivity contribution in [1.82, 2.24) is 9.88 Å². The van der Waals surface area contributed by atoms with E-state index in [-0.39, 0.29) is 18.0 Å². The zero-order chi connectivity index (χ0) is 22.9. The maximum atomic E-state index is 12.9. The van der Waals surface area contributed by atoms with E-state index in [0.29, 0.717) is 10.5 Å². The number of amides is 1. The molecule has 1 saturated carbocycles. The first-order chi connectivity index (χ1) is 14.5. The normalized spacial score (nSPS) is 19.7. The fraction of sp³-hybridized carbons (Fsp3) is 0.545. The van der Waals surface area contributed by atoms with Gasteiger partial charge in [0, 0.05) is 34.2 Å². The molecule has 31 heavy (non-hydrogen) atoms. The summed E-state index contributed by atoms with van der Waals surface area (Å²) in [5.41, 5.74) is 0.686. The summed E-state index contributed by atoms with van der Waals surface area (Å²) in [7, 11) is -3.44. The monoisotopic (exact) mass is 528 g/mol. The summed E-state index contributed by atoms with van der Waals surface area (Å²) in [5, 5.41) is 10.0. The van der Waals surface area contributed by atoms with Gasteiger partial charge in [0.1, 0.15) is 0 Å². The van der Waals surface area contributed by atoms with Crippen molar-refractivity contribution >= 4 is 43.2 Å². The molecule has 6 nitrogen and oxygen atoms in total. The molecule has 0 unspecified atom stereocenters. The van der Waals surface area contributed by atoms with Crippen molar-refractivity contribution in [2.24, 2.45) is 0 Å². The lowest BCUT2D eigenvalue weighted by atomic mass is 9.85. The maximum Gasteiger partial charge on any atom is 0.407 e. The predicted molar refractivity (Wildman–Crippen MR) is 128 cm³/mol. The van der Waals surface area contributed by atoms with Crippen LogP contribution >= 0.6 is 27.3 Å². The van der Waals surface area contributed by atoms with Crippen LogP contribution in [-0.2, 0) is 9.84 Å². The van der Waals surface area contributed by atoms with Crippen molar-refractivity contribution in [3.05, 3.63) is 33.9 Å². The SMILES string of the molecule is CC(C)N(C(=O)O)C1CCC(c2ncc(-c3ccc(Br)cc3S(=O)(=O)C(C)C)s2)CC1. The van der Waals surface area contributed by atoms with Crippen LogP contribution in [0.15, 0.2) is 33.8 Å². The molecule has 1 heterocycles. The number of aromatic nitrogens is 1. The van der Waals surface area contributed by atoms with Crippen molar-refractivity contribution in [3.8, 4) is 10.4 Å². The Morgan fingerprint density at radius 2 is 1.84 bits per heavy atom. The molecule has 0 aliphatic heterocycles. The number of hydrogen-bond donors (Lipinski definition) is 1. The minimum atomic E-state index is -3.44. The van der Waals surface area contributed by atoms with E-state index in [2.05, 4.69) is 20.9 Å². The van der Waals surface area contributed by atoms with Crippen molar-refractivity contribution in [2.45, 2.75) is 81.5 Å². The smallest absolute Gasteiger partial charge is 0.407 e. The number of hydrogen-bond acceptors (Lipinski definition) is 5. The van der Waals surface area contributed by atoms with E-state index in [1.807, 2.05) is 26.0 Å². The number of carboxylic acid groups (broad SMARTS) is 1. The van der Waals surface area contributed by atoms with Crippen LogP contribution in [-0.4, -0.2) is 46.8 Å². The first-order valence-corrected chi connectivity index (χ1v) is 13.7. The Bertz CT molecular complexity index is 1040. The fourth-order valence-corrected chi connectivity index (χ4v) is 7.18. The van der Waals surface area contributed by atoms with E-state index in [4.69, 9.17) is 0 Å². The molecular weight excluding hydrogens is 500 g/mol. The quantitative estimate of drug-likeness (QED) is 0.484. The Kier molecular flexibility index (Phi) is 7.48. The van der Waals surface area contributed by atoms with Crippen molar-refractivity contribution in [2.75, 3.05) is 0 Å². The van der Waals surface area contributed by atoms with Crippen LogP contribution in [0, 0.1) is 0 Å². The summed E-state index contributed by atoms with van der Waals surface area (Å²) < 4.78 is 26.5.